The van der Waals surface area contributed by atoms with Crippen LogP contribution in [-0.2, 0) is 4.74 Å². The molecule has 1 heterocycles. The maximum atomic E-state index is 12.5. The lowest BCUT2D eigenvalue weighted by molar-refractivity contribution is -0.0170. The molecule has 4 nitrogen and oxygen atoms in total. The minimum absolute atomic E-state index is 0.143. The fraction of sp³-hybridized carbons (Fsp3) is 0.938. The van der Waals surface area contributed by atoms with E-state index in [-0.39, 0.29) is 17.6 Å². The summed E-state index contributed by atoms with van der Waals surface area (Å²) >= 11 is 0. The second kappa shape index (κ2) is 5.92. The highest BCUT2D eigenvalue weighted by molar-refractivity contribution is 5.69. The second-order valence-corrected chi connectivity index (χ2v) is 7.61. The van der Waals surface area contributed by atoms with Crippen molar-refractivity contribution in [3.05, 3.63) is 0 Å². The largest absolute Gasteiger partial charge is 0.444 e. The van der Waals surface area contributed by atoms with Gasteiger partial charge in [0, 0.05) is 19.6 Å². The van der Waals surface area contributed by atoms with E-state index in [9.17, 15) is 4.79 Å². The van der Waals surface area contributed by atoms with Crippen LogP contribution in [0.25, 0.3) is 0 Å². The van der Waals surface area contributed by atoms with Crippen LogP contribution in [0.1, 0.15) is 59.8 Å². The molecule has 1 aliphatic heterocycles. The maximum absolute atomic E-state index is 12.5. The molecule has 1 saturated carbocycles. The Morgan fingerprint density at radius 2 is 1.90 bits per heavy atom. The number of nitrogens with one attached hydrogen (secondary N) is 1. The quantitative estimate of drug-likeness (QED) is 0.803. The van der Waals surface area contributed by atoms with Crippen LogP contribution >= 0.6 is 0 Å². The predicted octanol–water partition coefficient (Wildman–Crippen LogP) is 3.17. The molecule has 0 bridgehead atoms. The van der Waals surface area contributed by atoms with Gasteiger partial charge < -0.3 is 15.0 Å². The van der Waals surface area contributed by atoms with E-state index in [0.717, 1.165) is 19.6 Å². The Morgan fingerprint density at radius 3 is 2.50 bits per heavy atom. The summed E-state index contributed by atoms with van der Waals surface area (Å²) in [7, 11) is 0. The summed E-state index contributed by atoms with van der Waals surface area (Å²) in [6, 6.07) is 0.270. The number of carbonyl (C=O) groups excluding carboxylic acids is 1. The molecule has 0 spiro atoms. The Hall–Kier alpha value is -0.770. The van der Waals surface area contributed by atoms with Crippen molar-refractivity contribution in [2.24, 2.45) is 5.41 Å². The Bertz CT molecular complexity index is 343. The Morgan fingerprint density at radius 1 is 1.25 bits per heavy atom. The van der Waals surface area contributed by atoms with Gasteiger partial charge in [0.05, 0.1) is 6.04 Å². The first-order chi connectivity index (χ1) is 9.32. The third-order valence-corrected chi connectivity index (χ3v) is 4.67. The van der Waals surface area contributed by atoms with Crippen molar-refractivity contribution in [1.82, 2.24) is 10.2 Å². The number of amides is 1. The minimum atomic E-state index is -0.417. The Kier molecular flexibility index (Phi) is 4.62. The SMILES string of the molecule is CC(C)(C)OC(=O)N1CCNCC1C1(C)CCCCC1. The summed E-state index contributed by atoms with van der Waals surface area (Å²) < 4.78 is 5.60. The van der Waals surface area contributed by atoms with Crippen molar-refractivity contribution in [1.29, 1.82) is 0 Å². The van der Waals surface area contributed by atoms with Gasteiger partial charge in [-0.15, -0.1) is 0 Å². The van der Waals surface area contributed by atoms with E-state index in [2.05, 4.69) is 12.2 Å². The van der Waals surface area contributed by atoms with Crippen molar-refractivity contribution >= 4 is 6.09 Å². The van der Waals surface area contributed by atoms with Crippen molar-refractivity contribution < 1.29 is 9.53 Å². The van der Waals surface area contributed by atoms with E-state index < -0.39 is 5.60 Å². The van der Waals surface area contributed by atoms with Gasteiger partial charge in [-0.1, -0.05) is 26.2 Å². The van der Waals surface area contributed by atoms with E-state index in [1.54, 1.807) is 0 Å². The van der Waals surface area contributed by atoms with E-state index in [1.807, 2.05) is 25.7 Å². The van der Waals surface area contributed by atoms with Crippen LogP contribution in [0.5, 0.6) is 0 Å². The van der Waals surface area contributed by atoms with E-state index in [1.165, 1.54) is 32.1 Å². The molecule has 20 heavy (non-hydrogen) atoms. The molecule has 2 aliphatic rings. The average molecular weight is 282 g/mol. The molecule has 116 valence electrons. The number of hydrogen-bond acceptors (Lipinski definition) is 3. The molecule has 0 aromatic heterocycles. The second-order valence-electron chi connectivity index (χ2n) is 7.61. The monoisotopic (exact) mass is 282 g/mol. The van der Waals surface area contributed by atoms with Crippen LogP contribution in [0.15, 0.2) is 0 Å². The molecule has 1 unspecified atom stereocenters. The van der Waals surface area contributed by atoms with Crippen molar-refractivity contribution in [2.75, 3.05) is 19.6 Å². The molecule has 0 radical (unpaired) electrons. The van der Waals surface area contributed by atoms with Crippen LogP contribution in [-0.4, -0.2) is 42.3 Å². The molecular formula is C16H30N2O2. The molecule has 1 N–H and O–H groups in total. The third kappa shape index (κ3) is 3.66. The van der Waals surface area contributed by atoms with E-state index >= 15 is 0 Å². The summed E-state index contributed by atoms with van der Waals surface area (Å²) in [6.07, 6.45) is 6.21. The van der Waals surface area contributed by atoms with E-state index in [0.29, 0.717) is 0 Å². The van der Waals surface area contributed by atoms with Crippen molar-refractivity contribution in [3.8, 4) is 0 Å². The van der Waals surface area contributed by atoms with Gasteiger partial charge in [-0.3, -0.25) is 0 Å². The van der Waals surface area contributed by atoms with Gasteiger partial charge in [0.15, 0.2) is 0 Å². The zero-order valence-electron chi connectivity index (χ0n) is 13.5. The zero-order valence-corrected chi connectivity index (χ0v) is 13.5. The third-order valence-electron chi connectivity index (χ3n) is 4.67. The van der Waals surface area contributed by atoms with Crippen LogP contribution < -0.4 is 5.32 Å². The van der Waals surface area contributed by atoms with Crippen LogP contribution in [0.3, 0.4) is 0 Å². The lowest BCUT2D eigenvalue weighted by Crippen LogP contribution is -2.60. The van der Waals surface area contributed by atoms with Crippen molar-refractivity contribution in [2.45, 2.75) is 71.4 Å². The summed E-state index contributed by atoms with van der Waals surface area (Å²) in [4.78, 5) is 14.5. The normalized spacial score (nSPS) is 27.2. The number of ether oxygens (including phenoxy) is 1. The minimum Gasteiger partial charge on any atom is -0.444 e. The predicted molar refractivity (Wildman–Crippen MR) is 80.8 cm³/mol. The lowest BCUT2D eigenvalue weighted by Gasteiger charge is -2.48. The molecule has 2 rings (SSSR count). The summed E-state index contributed by atoms with van der Waals surface area (Å²) in [5, 5.41) is 3.46. The summed E-state index contributed by atoms with van der Waals surface area (Å²) in [5.74, 6) is 0. The number of nitrogens with zero attached hydrogens (tertiary/aromatic N) is 1. The van der Waals surface area contributed by atoms with Gasteiger partial charge in [0.25, 0.3) is 0 Å². The Balaban J connectivity index is 2.10. The van der Waals surface area contributed by atoms with Gasteiger partial charge in [0.1, 0.15) is 5.60 Å². The smallest absolute Gasteiger partial charge is 0.410 e. The molecule has 1 atom stereocenters. The molecule has 4 heteroatoms. The van der Waals surface area contributed by atoms with Crippen LogP contribution in [0, 0.1) is 5.41 Å². The maximum Gasteiger partial charge on any atom is 0.410 e. The van der Waals surface area contributed by atoms with Gasteiger partial charge in [-0.05, 0) is 39.0 Å². The van der Waals surface area contributed by atoms with E-state index in [4.69, 9.17) is 4.74 Å². The number of piperazine rings is 1. The number of hydrogen-bond donors (Lipinski definition) is 1. The topological polar surface area (TPSA) is 41.6 Å². The van der Waals surface area contributed by atoms with Gasteiger partial charge >= 0.3 is 6.09 Å². The fourth-order valence-corrected chi connectivity index (χ4v) is 3.56. The van der Waals surface area contributed by atoms with Gasteiger partial charge in [0.2, 0.25) is 0 Å². The highest BCUT2D eigenvalue weighted by atomic mass is 16.6. The highest BCUT2D eigenvalue weighted by Gasteiger charge is 2.42. The van der Waals surface area contributed by atoms with Crippen LogP contribution in [0.4, 0.5) is 4.79 Å². The molecule has 1 aliphatic carbocycles. The number of rotatable bonds is 1. The fourth-order valence-electron chi connectivity index (χ4n) is 3.56. The van der Waals surface area contributed by atoms with Crippen LogP contribution in [0.2, 0.25) is 0 Å². The Labute approximate surface area is 123 Å². The average Bonchev–Trinajstić information content (AvgIpc) is 2.38. The summed E-state index contributed by atoms with van der Waals surface area (Å²) in [5.41, 5.74) is -0.178. The molecular weight excluding hydrogens is 252 g/mol. The molecule has 0 aromatic carbocycles. The zero-order chi connectivity index (χ0) is 14.8. The first kappa shape index (κ1) is 15.6. The molecule has 1 amide bonds. The summed E-state index contributed by atoms with van der Waals surface area (Å²) in [6.45, 7) is 10.7. The van der Waals surface area contributed by atoms with Crippen molar-refractivity contribution in [3.63, 3.8) is 0 Å². The highest BCUT2D eigenvalue weighted by Crippen LogP contribution is 2.41. The van der Waals surface area contributed by atoms with Gasteiger partial charge in [-0.25, -0.2) is 4.79 Å². The molecule has 2 fully saturated rings. The first-order valence-electron chi connectivity index (χ1n) is 8.02. The standard InChI is InChI=1S/C16H30N2O2/c1-15(2,3)20-14(19)18-11-10-17-12-13(18)16(4)8-6-5-7-9-16/h13,17H,5-12H2,1-4H3. The first-order valence-corrected chi connectivity index (χ1v) is 8.02. The lowest BCUT2D eigenvalue weighted by atomic mass is 9.69. The molecule has 0 aromatic rings. The number of carbonyl (C=O) groups is 1. The molecule has 1 saturated heterocycles. The van der Waals surface area contributed by atoms with Gasteiger partial charge in [-0.2, -0.15) is 0 Å².